The number of nitrogens with zero attached hydrogens (tertiary/aromatic N) is 2. The number of amides is 3. The van der Waals surface area contributed by atoms with Gasteiger partial charge in [0, 0.05) is 17.8 Å². The highest BCUT2D eigenvalue weighted by Crippen LogP contribution is 2.25. The summed E-state index contributed by atoms with van der Waals surface area (Å²) in [5.74, 6) is -1.42. The van der Waals surface area contributed by atoms with E-state index in [2.05, 4.69) is 32.5 Å². The van der Waals surface area contributed by atoms with Gasteiger partial charge in [0.1, 0.15) is 6.04 Å². The van der Waals surface area contributed by atoms with Gasteiger partial charge in [-0.25, -0.2) is 4.98 Å². The third-order valence-corrected chi connectivity index (χ3v) is 8.23. The van der Waals surface area contributed by atoms with Crippen LogP contribution in [0.1, 0.15) is 87.4 Å². The fourth-order valence-corrected chi connectivity index (χ4v) is 5.87. The molecular weight excluding hydrogens is 606 g/mol. The van der Waals surface area contributed by atoms with Crippen molar-refractivity contribution in [1.29, 1.82) is 0 Å². The highest BCUT2D eigenvalue weighted by atomic mass is 32.1. The van der Waals surface area contributed by atoms with Crippen LogP contribution in [-0.2, 0) is 9.59 Å². The molecule has 0 bridgehead atoms. The van der Waals surface area contributed by atoms with Crippen LogP contribution < -0.4 is 38.9 Å². The van der Waals surface area contributed by atoms with Crippen molar-refractivity contribution in [3.05, 3.63) is 41.0 Å². The molecule has 0 spiro atoms. The molecule has 4 atom stereocenters. The minimum absolute atomic E-state index is 0.0437. The average molecular weight is 658 g/mol. The molecule has 46 heavy (non-hydrogen) atoms. The van der Waals surface area contributed by atoms with E-state index >= 15 is 0 Å². The molecule has 1 aromatic carbocycles. The van der Waals surface area contributed by atoms with E-state index in [4.69, 9.17) is 22.9 Å². The quantitative estimate of drug-likeness (QED) is 0.0538. The SMILES string of the molecule is C=C(N)[C@@H](NC(=O)c1ccc2nc(C(=O)[C@H](CCCN=C(N)N)NC(=O)[C@H](CC(C)C)NC(=O)[C@@H](N)CC(C)C)sc2c1)C(C)C. The molecule has 3 amide bonds. The maximum absolute atomic E-state index is 13.8. The molecule has 1 heterocycles. The number of carbonyl (C=O) groups is 4. The predicted molar refractivity (Wildman–Crippen MR) is 184 cm³/mol. The first kappa shape index (κ1) is 38.1. The molecule has 0 aliphatic heterocycles. The molecule has 0 radical (unpaired) electrons. The maximum Gasteiger partial charge on any atom is 0.251 e. The number of carbonyl (C=O) groups excluding carboxylic acids is 4. The van der Waals surface area contributed by atoms with Crippen LogP contribution in [0.25, 0.3) is 10.2 Å². The van der Waals surface area contributed by atoms with Crippen molar-refractivity contribution in [1.82, 2.24) is 20.9 Å². The second-order valence-electron chi connectivity index (χ2n) is 12.8. The monoisotopic (exact) mass is 657 g/mol. The van der Waals surface area contributed by atoms with Gasteiger partial charge in [0.2, 0.25) is 17.6 Å². The van der Waals surface area contributed by atoms with Crippen LogP contribution in [0.4, 0.5) is 0 Å². The number of nitrogens with two attached hydrogens (primary N) is 4. The summed E-state index contributed by atoms with van der Waals surface area (Å²) < 4.78 is 0.623. The Morgan fingerprint density at radius 2 is 1.54 bits per heavy atom. The van der Waals surface area contributed by atoms with E-state index in [1.54, 1.807) is 18.2 Å². The number of nitrogens with one attached hydrogen (secondary N) is 3. The zero-order valence-corrected chi connectivity index (χ0v) is 28.6. The van der Waals surface area contributed by atoms with Crippen LogP contribution in [0.15, 0.2) is 35.5 Å². The van der Waals surface area contributed by atoms with E-state index < -0.39 is 41.8 Å². The Hall–Kier alpha value is -4.04. The summed E-state index contributed by atoms with van der Waals surface area (Å²) in [5, 5.41) is 8.68. The lowest BCUT2D eigenvalue weighted by molar-refractivity contribution is -0.130. The molecule has 2 rings (SSSR count). The van der Waals surface area contributed by atoms with E-state index in [9.17, 15) is 19.2 Å². The lowest BCUT2D eigenvalue weighted by atomic mass is 9.99. The number of rotatable bonds is 18. The molecular formula is C32H51N9O4S. The van der Waals surface area contributed by atoms with Crippen LogP contribution in [0.3, 0.4) is 0 Å². The van der Waals surface area contributed by atoms with Gasteiger partial charge >= 0.3 is 0 Å². The summed E-state index contributed by atoms with van der Waals surface area (Å²) in [6, 6.07) is 1.93. The third-order valence-electron chi connectivity index (χ3n) is 7.19. The third kappa shape index (κ3) is 11.7. The second kappa shape index (κ2) is 17.6. The average Bonchev–Trinajstić information content (AvgIpc) is 3.39. The van der Waals surface area contributed by atoms with E-state index in [-0.39, 0.29) is 47.6 Å². The van der Waals surface area contributed by atoms with E-state index in [0.717, 1.165) is 11.3 Å². The number of Topliss-reactive ketones (excluding diaryl/α,β-unsaturated/α-hetero) is 1. The molecule has 13 nitrogen and oxygen atoms in total. The van der Waals surface area contributed by atoms with Gasteiger partial charge in [0.25, 0.3) is 5.91 Å². The number of hydrogen-bond donors (Lipinski definition) is 7. The van der Waals surface area contributed by atoms with Crippen LogP contribution in [0.2, 0.25) is 0 Å². The molecule has 14 heteroatoms. The number of guanidine groups is 1. The Morgan fingerprint density at radius 3 is 2.11 bits per heavy atom. The van der Waals surface area contributed by atoms with Crippen LogP contribution in [0, 0.1) is 17.8 Å². The minimum Gasteiger partial charge on any atom is -0.401 e. The second-order valence-corrected chi connectivity index (χ2v) is 13.8. The highest BCUT2D eigenvalue weighted by molar-refractivity contribution is 7.20. The Balaban J connectivity index is 2.34. The predicted octanol–water partition coefficient (Wildman–Crippen LogP) is 2.15. The number of ketones is 1. The number of benzene rings is 1. The van der Waals surface area contributed by atoms with Gasteiger partial charge in [0.05, 0.1) is 28.3 Å². The van der Waals surface area contributed by atoms with E-state index in [1.807, 2.05) is 41.5 Å². The number of fused-ring (bicyclic) bond motifs is 1. The largest absolute Gasteiger partial charge is 0.401 e. The molecule has 254 valence electrons. The Bertz CT molecular complexity index is 1420. The van der Waals surface area contributed by atoms with Gasteiger partial charge in [-0.05, 0) is 61.6 Å². The summed E-state index contributed by atoms with van der Waals surface area (Å²) in [5.41, 5.74) is 24.1. The topological polar surface area (TPSA) is 234 Å². The lowest BCUT2D eigenvalue weighted by Gasteiger charge is -2.25. The van der Waals surface area contributed by atoms with Gasteiger partial charge in [0.15, 0.2) is 11.0 Å². The standard InChI is InChI=1S/C32H51N9O4S/c1-16(2)13-21(34)29(44)39-24(14-17(3)4)30(45)38-23(9-8-12-37-32(35)36)27(42)31-40-22-11-10-20(15-25(22)46-31)28(43)41-26(18(5)6)19(7)33/h10-11,15-18,21,23-24,26H,7-9,12-14,33-34H2,1-6H3,(H,38,45)(H,39,44)(H,41,43)(H4,35,36,37)/t21-,23-,24-,26-/m0/s1. The first-order valence-electron chi connectivity index (χ1n) is 15.6. The van der Waals surface area contributed by atoms with Crippen LogP contribution in [0.5, 0.6) is 0 Å². The van der Waals surface area contributed by atoms with Crippen molar-refractivity contribution < 1.29 is 19.2 Å². The maximum atomic E-state index is 13.8. The summed E-state index contributed by atoms with van der Waals surface area (Å²) in [6.45, 7) is 15.7. The van der Waals surface area contributed by atoms with E-state index in [0.29, 0.717) is 40.7 Å². The first-order valence-corrected chi connectivity index (χ1v) is 16.4. The van der Waals surface area contributed by atoms with Crippen molar-refractivity contribution in [2.24, 2.45) is 45.7 Å². The summed E-state index contributed by atoms with van der Waals surface area (Å²) in [4.78, 5) is 61.7. The van der Waals surface area contributed by atoms with Crippen molar-refractivity contribution in [3.63, 3.8) is 0 Å². The van der Waals surface area contributed by atoms with Gasteiger partial charge in [-0.15, -0.1) is 11.3 Å². The fraction of sp³-hybridized carbons (Fsp3) is 0.562. The van der Waals surface area contributed by atoms with Gasteiger partial charge in [-0.1, -0.05) is 48.1 Å². The van der Waals surface area contributed by atoms with E-state index in [1.165, 1.54) is 0 Å². The number of hydrogen-bond acceptors (Lipinski definition) is 9. The number of aromatic nitrogens is 1. The molecule has 0 aliphatic rings. The van der Waals surface area contributed by atoms with Gasteiger partial charge in [-0.2, -0.15) is 0 Å². The van der Waals surface area contributed by atoms with Crippen LogP contribution in [-0.4, -0.2) is 65.2 Å². The van der Waals surface area contributed by atoms with Crippen molar-refractivity contribution in [2.45, 2.75) is 91.4 Å². The summed E-state index contributed by atoms with van der Waals surface area (Å²) >= 11 is 1.12. The molecule has 2 aromatic rings. The molecule has 0 aliphatic carbocycles. The van der Waals surface area contributed by atoms with Crippen molar-refractivity contribution >= 4 is 51.0 Å². The Kier molecular flexibility index (Phi) is 14.6. The summed E-state index contributed by atoms with van der Waals surface area (Å²) in [7, 11) is 0. The molecule has 0 fully saturated rings. The van der Waals surface area contributed by atoms with Crippen molar-refractivity contribution in [3.8, 4) is 0 Å². The highest BCUT2D eigenvalue weighted by Gasteiger charge is 2.30. The smallest absolute Gasteiger partial charge is 0.251 e. The van der Waals surface area contributed by atoms with Crippen molar-refractivity contribution in [2.75, 3.05) is 6.54 Å². The Labute approximate surface area is 275 Å². The summed E-state index contributed by atoms with van der Waals surface area (Å²) in [6.07, 6.45) is 1.44. The molecule has 1 aromatic heterocycles. The van der Waals surface area contributed by atoms with Gasteiger partial charge < -0.3 is 38.9 Å². The number of thiazole rings is 1. The zero-order chi connectivity index (χ0) is 34.7. The number of aliphatic imine (C=N–C) groups is 1. The Morgan fingerprint density at radius 1 is 0.913 bits per heavy atom. The van der Waals surface area contributed by atoms with Gasteiger partial charge in [-0.3, -0.25) is 24.2 Å². The fourth-order valence-electron chi connectivity index (χ4n) is 4.87. The lowest BCUT2D eigenvalue weighted by Crippen LogP contribution is -2.55. The molecule has 0 saturated heterocycles. The minimum atomic E-state index is -0.969. The molecule has 0 unspecified atom stereocenters. The molecule has 0 saturated carbocycles. The molecule has 11 N–H and O–H groups in total. The first-order chi connectivity index (χ1) is 21.5. The zero-order valence-electron chi connectivity index (χ0n) is 27.8. The normalized spacial score (nSPS) is 14.0. The van der Waals surface area contributed by atoms with Crippen LogP contribution >= 0.6 is 11.3 Å².